The monoisotopic (exact) mass is 292 g/mol. The minimum absolute atomic E-state index is 0.0853. The van der Waals surface area contributed by atoms with Crippen molar-refractivity contribution in [1.82, 2.24) is 10.3 Å². The van der Waals surface area contributed by atoms with E-state index in [1.54, 1.807) is 23.5 Å². The van der Waals surface area contributed by atoms with E-state index in [4.69, 9.17) is 0 Å². The van der Waals surface area contributed by atoms with Crippen LogP contribution in [0.4, 0.5) is 4.39 Å². The van der Waals surface area contributed by atoms with Gasteiger partial charge in [-0.3, -0.25) is 4.79 Å². The van der Waals surface area contributed by atoms with Gasteiger partial charge in [0.15, 0.2) is 0 Å². The number of rotatable bonds is 5. The van der Waals surface area contributed by atoms with Crippen molar-refractivity contribution in [3.8, 4) is 0 Å². The van der Waals surface area contributed by atoms with Crippen molar-refractivity contribution in [1.29, 1.82) is 0 Å². The van der Waals surface area contributed by atoms with Crippen molar-refractivity contribution >= 4 is 17.2 Å². The van der Waals surface area contributed by atoms with E-state index in [1.165, 1.54) is 12.1 Å². The highest BCUT2D eigenvalue weighted by Crippen LogP contribution is 2.17. The Morgan fingerprint density at radius 1 is 1.35 bits per heavy atom. The zero-order valence-electron chi connectivity index (χ0n) is 11.5. The number of carbonyl (C=O) groups excluding carboxylic acids is 1. The average molecular weight is 292 g/mol. The van der Waals surface area contributed by atoms with Gasteiger partial charge in [0.05, 0.1) is 18.7 Å². The quantitative estimate of drug-likeness (QED) is 0.919. The molecule has 0 saturated heterocycles. The van der Waals surface area contributed by atoms with Gasteiger partial charge in [-0.05, 0) is 23.6 Å². The molecular weight excluding hydrogens is 275 g/mol. The highest BCUT2D eigenvalue weighted by Gasteiger charge is 2.08. The van der Waals surface area contributed by atoms with Gasteiger partial charge in [0, 0.05) is 5.38 Å². The molecular formula is C15H17FN2OS. The molecule has 0 atom stereocenters. The summed E-state index contributed by atoms with van der Waals surface area (Å²) >= 11 is 1.55. The lowest BCUT2D eigenvalue weighted by atomic mass is 10.1. The van der Waals surface area contributed by atoms with Gasteiger partial charge in [-0.25, -0.2) is 9.37 Å². The number of nitrogens with one attached hydrogen (secondary N) is 1. The number of amides is 1. The van der Waals surface area contributed by atoms with E-state index in [9.17, 15) is 9.18 Å². The Hall–Kier alpha value is -1.75. The number of hydrogen-bond acceptors (Lipinski definition) is 3. The minimum atomic E-state index is -0.293. The fourth-order valence-corrected chi connectivity index (χ4v) is 2.59. The van der Waals surface area contributed by atoms with Crippen LogP contribution in [-0.4, -0.2) is 10.9 Å². The van der Waals surface area contributed by atoms with Crippen LogP contribution in [0.5, 0.6) is 0 Å². The van der Waals surface area contributed by atoms with Crippen LogP contribution in [0.3, 0.4) is 0 Å². The fourth-order valence-electron chi connectivity index (χ4n) is 1.70. The molecule has 0 bridgehead atoms. The first kappa shape index (κ1) is 14.7. The van der Waals surface area contributed by atoms with E-state index < -0.39 is 0 Å². The Labute approximate surface area is 121 Å². The average Bonchev–Trinajstić information content (AvgIpc) is 2.88. The van der Waals surface area contributed by atoms with Gasteiger partial charge in [0.2, 0.25) is 5.91 Å². The van der Waals surface area contributed by atoms with Gasteiger partial charge in [-0.2, -0.15) is 0 Å². The Bertz CT molecular complexity index is 578. The van der Waals surface area contributed by atoms with Crippen LogP contribution >= 0.6 is 11.3 Å². The first-order valence-electron chi connectivity index (χ1n) is 6.50. The van der Waals surface area contributed by atoms with Gasteiger partial charge in [0.1, 0.15) is 10.8 Å². The molecule has 0 fully saturated rings. The smallest absolute Gasteiger partial charge is 0.224 e. The highest BCUT2D eigenvalue weighted by molar-refractivity contribution is 7.09. The second kappa shape index (κ2) is 6.61. The molecule has 0 aliphatic heterocycles. The third-order valence-electron chi connectivity index (χ3n) is 2.88. The Morgan fingerprint density at radius 3 is 2.65 bits per heavy atom. The summed E-state index contributed by atoms with van der Waals surface area (Å²) < 4.78 is 12.8. The van der Waals surface area contributed by atoms with Crippen molar-refractivity contribution in [3.05, 3.63) is 51.7 Å². The summed E-state index contributed by atoms with van der Waals surface area (Å²) in [7, 11) is 0. The standard InChI is InChI=1S/C15H17FN2OS/c1-10(2)13-9-20-15(18-13)8-17-14(19)7-11-3-5-12(16)6-4-11/h3-6,9-10H,7-8H2,1-2H3,(H,17,19). The number of benzene rings is 1. The Morgan fingerprint density at radius 2 is 2.05 bits per heavy atom. The Kier molecular flexibility index (Phi) is 4.84. The summed E-state index contributed by atoms with van der Waals surface area (Å²) in [6, 6.07) is 5.96. The maximum absolute atomic E-state index is 12.8. The molecule has 0 aliphatic carbocycles. The molecule has 1 N–H and O–H groups in total. The SMILES string of the molecule is CC(C)c1csc(CNC(=O)Cc2ccc(F)cc2)n1. The second-order valence-electron chi connectivity index (χ2n) is 4.90. The van der Waals surface area contributed by atoms with E-state index >= 15 is 0 Å². The molecule has 0 unspecified atom stereocenters. The van der Waals surface area contributed by atoms with E-state index in [-0.39, 0.29) is 18.1 Å². The van der Waals surface area contributed by atoms with Crippen molar-refractivity contribution in [2.75, 3.05) is 0 Å². The summed E-state index contributed by atoms with van der Waals surface area (Å²) in [6.45, 7) is 4.62. The second-order valence-corrected chi connectivity index (χ2v) is 5.84. The number of carbonyl (C=O) groups is 1. The predicted molar refractivity (Wildman–Crippen MR) is 78.2 cm³/mol. The summed E-state index contributed by atoms with van der Waals surface area (Å²) in [6.07, 6.45) is 0.253. The molecule has 3 nitrogen and oxygen atoms in total. The third-order valence-corrected chi connectivity index (χ3v) is 3.74. The molecule has 5 heteroatoms. The van der Waals surface area contributed by atoms with Crippen LogP contribution in [0.2, 0.25) is 0 Å². The van der Waals surface area contributed by atoms with Crippen LogP contribution in [0, 0.1) is 5.82 Å². The zero-order valence-corrected chi connectivity index (χ0v) is 12.3. The molecule has 0 saturated carbocycles. The Balaban J connectivity index is 1.84. The summed E-state index contributed by atoms with van der Waals surface area (Å²) in [5.74, 6) is 0.0194. The van der Waals surface area contributed by atoms with E-state index in [2.05, 4.69) is 24.1 Å². The van der Waals surface area contributed by atoms with Crippen LogP contribution < -0.4 is 5.32 Å². The van der Waals surface area contributed by atoms with Crippen LogP contribution in [0.1, 0.15) is 36.0 Å². The van der Waals surface area contributed by atoms with Gasteiger partial charge in [-0.1, -0.05) is 26.0 Å². The minimum Gasteiger partial charge on any atom is -0.349 e. The summed E-state index contributed by atoms with van der Waals surface area (Å²) in [5.41, 5.74) is 1.85. The topological polar surface area (TPSA) is 42.0 Å². The van der Waals surface area contributed by atoms with Gasteiger partial charge in [-0.15, -0.1) is 11.3 Å². The van der Waals surface area contributed by atoms with Gasteiger partial charge < -0.3 is 5.32 Å². The first-order chi connectivity index (χ1) is 9.54. The molecule has 0 radical (unpaired) electrons. The van der Waals surface area contributed by atoms with Crippen LogP contribution in [0.15, 0.2) is 29.6 Å². The van der Waals surface area contributed by atoms with Crippen LogP contribution in [0.25, 0.3) is 0 Å². The molecule has 2 rings (SSSR count). The van der Waals surface area contributed by atoms with Crippen molar-refractivity contribution < 1.29 is 9.18 Å². The molecule has 20 heavy (non-hydrogen) atoms. The van der Waals surface area contributed by atoms with Crippen LogP contribution in [-0.2, 0) is 17.8 Å². The molecule has 106 valence electrons. The maximum atomic E-state index is 12.8. The third kappa shape index (κ3) is 4.13. The lowest BCUT2D eigenvalue weighted by Crippen LogP contribution is -2.24. The first-order valence-corrected chi connectivity index (χ1v) is 7.38. The summed E-state index contributed by atoms with van der Waals surface area (Å²) in [5, 5.41) is 5.75. The van der Waals surface area contributed by atoms with Crippen molar-refractivity contribution in [2.24, 2.45) is 0 Å². The van der Waals surface area contributed by atoms with E-state index in [1.807, 2.05) is 5.38 Å². The number of halogens is 1. The summed E-state index contributed by atoms with van der Waals surface area (Å²) in [4.78, 5) is 16.2. The number of aromatic nitrogens is 1. The zero-order chi connectivity index (χ0) is 14.5. The van der Waals surface area contributed by atoms with Gasteiger partial charge >= 0.3 is 0 Å². The molecule has 1 aromatic heterocycles. The normalized spacial score (nSPS) is 10.8. The molecule has 0 aliphatic rings. The molecule has 2 aromatic rings. The molecule has 1 amide bonds. The highest BCUT2D eigenvalue weighted by atomic mass is 32.1. The van der Waals surface area contributed by atoms with E-state index in [0.29, 0.717) is 12.5 Å². The molecule has 1 aromatic carbocycles. The fraction of sp³-hybridized carbons (Fsp3) is 0.333. The van der Waals surface area contributed by atoms with E-state index in [0.717, 1.165) is 16.3 Å². The van der Waals surface area contributed by atoms with Crippen molar-refractivity contribution in [3.63, 3.8) is 0 Å². The van der Waals surface area contributed by atoms with Crippen molar-refractivity contribution in [2.45, 2.75) is 32.7 Å². The molecule has 1 heterocycles. The molecule has 0 spiro atoms. The number of thiazole rings is 1. The maximum Gasteiger partial charge on any atom is 0.224 e. The number of nitrogens with zero attached hydrogens (tertiary/aromatic N) is 1. The number of hydrogen-bond donors (Lipinski definition) is 1. The largest absolute Gasteiger partial charge is 0.349 e. The lowest BCUT2D eigenvalue weighted by molar-refractivity contribution is -0.120. The lowest BCUT2D eigenvalue weighted by Gasteiger charge is -2.03. The van der Waals surface area contributed by atoms with Gasteiger partial charge in [0.25, 0.3) is 0 Å². The predicted octanol–water partition coefficient (Wildman–Crippen LogP) is 3.26.